The third-order valence-electron chi connectivity index (χ3n) is 10.9. The van der Waals surface area contributed by atoms with E-state index in [0.717, 1.165) is 47.3 Å². The number of hydrogen-bond donors (Lipinski definition) is 1. The summed E-state index contributed by atoms with van der Waals surface area (Å²) in [5.74, 6) is 7.28. The maximum Gasteiger partial charge on any atom is 0.0184 e. The van der Waals surface area contributed by atoms with E-state index >= 15 is 0 Å². The molecule has 1 nitrogen and oxygen atoms in total. The first-order chi connectivity index (χ1) is 16.7. The van der Waals surface area contributed by atoms with Crippen LogP contribution in [0, 0.1) is 47.3 Å². The second-order valence-electron chi connectivity index (χ2n) is 14.3. The monoisotopic (exact) mass is 490 g/mol. The molecule has 1 N–H and O–H groups in total. The lowest BCUT2D eigenvalue weighted by Gasteiger charge is -2.42. The Morgan fingerprint density at radius 3 is 2.03 bits per heavy atom. The SMILES string of the molecule is CCC(CCC[C@H](C)CC[C@H](C)CCCC(C)C)CC1CNC2(C)CC[C@H]1CCCC2[C@@H](C)CC. The predicted octanol–water partition coefficient (Wildman–Crippen LogP) is 10.7. The molecule has 1 aliphatic carbocycles. The highest BCUT2D eigenvalue weighted by Gasteiger charge is 2.42. The summed E-state index contributed by atoms with van der Waals surface area (Å²) >= 11 is 0. The van der Waals surface area contributed by atoms with E-state index in [0.29, 0.717) is 5.54 Å². The Balaban J connectivity index is 1.75. The maximum atomic E-state index is 4.20. The van der Waals surface area contributed by atoms with E-state index in [2.05, 4.69) is 60.7 Å². The van der Waals surface area contributed by atoms with Crippen molar-refractivity contribution < 1.29 is 0 Å². The highest BCUT2D eigenvalue weighted by molar-refractivity contribution is 4.98. The van der Waals surface area contributed by atoms with Gasteiger partial charge in [0.25, 0.3) is 0 Å². The summed E-state index contributed by atoms with van der Waals surface area (Å²) in [4.78, 5) is 0. The minimum atomic E-state index is 0.381. The van der Waals surface area contributed by atoms with Crippen molar-refractivity contribution >= 4 is 0 Å². The van der Waals surface area contributed by atoms with Crippen LogP contribution < -0.4 is 5.32 Å². The highest BCUT2D eigenvalue weighted by atomic mass is 15.0. The van der Waals surface area contributed by atoms with Crippen LogP contribution in [0.3, 0.4) is 0 Å². The third kappa shape index (κ3) is 10.7. The molecule has 1 saturated heterocycles. The Kier molecular flexibility index (Phi) is 14.3. The summed E-state index contributed by atoms with van der Waals surface area (Å²) in [6, 6.07) is 0. The van der Waals surface area contributed by atoms with Gasteiger partial charge in [0.2, 0.25) is 0 Å². The summed E-state index contributed by atoms with van der Waals surface area (Å²) in [5, 5.41) is 4.20. The summed E-state index contributed by atoms with van der Waals surface area (Å²) in [7, 11) is 0. The molecule has 8 atom stereocenters. The molecule has 0 aromatic rings. The Morgan fingerprint density at radius 1 is 0.771 bits per heavy atom. The van der Waals surface area contributed by atoms with Gasteiger partial charge in [-0.2, -0.15) is 0 Å². The van der Waals surface area contributed by atoms with Gasteiger partial charge in [0.15, 0.2) is 0 Å². The van der Waals surface area contributed by atoms with Gasteiger partial charge < -0.3 is 5.32 Å². The van der Waals surface area contributed by atoms with Gasteiger partial charge in [-0.1, -0.05) is 126 Å². The second kappa shape index (κ2) is 16.0. The van der Waals surface area contributed by atoms with Crippen LogP contribution in [0.15, 0.2) is 0 Å². The first-order valence-electron chi connectivity index (χ1n) is 16.4. The van der Waals surface area contributed by atoms with Gasteiger partial charge in [0.1, 0.15) is 0 Å². The summed E-state index contributed by atoms with van der Waals surface area (Å²) < 4.78 is 0. The van der Waals surface area contributed by atoms with Crippen LogP contribution in [0.4, 0.5) is 0 Å². The van der Waals surface area contributed by atoms with Crippen LogP contribution in [0.2, 0.25) is 0 Å². The van der Waals surface area contributed by atoms with Crippen molar-refractivity contribution in [1.29, 1.82) is 0 Å². The lowest BCUT2D eigenvalue weighted by atomic mass is 9.68. The average molecular weight is 490 g/mol. The van der Waals surface area contributed by atoms with Crippen molar-refractivity contribution in [3.8, 4) is 0 Å². The number of rotatable bonds is 16. The normalized spacial score (nSPS) is 30.9. The van der Waals surface area contributed by atoms with Gasteiger partial charge in [0, 0.05) is 5.54 Å². The Morgan fingerprint density at radius 2 is 1.43 bits per heavy atom. The molecule has 0 aromatic heterocycles. The van der Waals surface area contributed by atoms with Crippen LogP contribution in [-0.4, -0.2) is 12.1 Å². The fraction of sp³-hybridized carbons (Fsp3) is 1.00. The molecule has 2 fully saturated rings. The van der Waals surface area contributed by atoms with E-state index in [-0.39, 0.29) is 0 Å². The summed E-state index contributed by atoms with van der Waals surface area (Å²) in [6.07, 6.45) is 23.1. The molecule has 1 heterocycles. The molecule has 0 radical (unpaired) electrons. The molecule has 2 bridgehead atoms. The minimum Gasteiger partial charge on any atom is -0.311 e. The molecule has 2 rings (SSSR count). The van der Waals surface area contributed by atoms with Gasteiger partial charge >= 0.3 is 0 Å². The molecular weight excluding hydrogens is 422 g/mol. The Hall–Kier alpha value is -0.0400. The number of nitrogens with one attached hydrogen (secondary N) is 1. The van der Waals surface area contributed by atoms with Gasteiger partial charge in [-0.25, -0.2) is 0 Å². The molecule has 0 spiro atoms. The molecule has 1 aliphatic heterocycles. The standard InChI is InChI=1S/C34H67N/c1-9-29(7)33-19-13-18-31-22-23-34(33,8)35-25-32(31)24-30(10-2)17-12-16-28(6)21-20-27(5)15-11-14-26(3)4/h26-33,35H,9-25H2,1-8H3/t27-,28+,29+,30?,31-,32?,33?,34?/m1/s1. The lowest BCUT2D eigenvalue weighted by Crippen LogP contribution is -2.51. The van der Waals surface area contributed by atoms with Gasteiger partial charge in [-0.05, 0) is 86.5 Å². The van der Waals surface area contributed by atoms with Gasteiger partial charge in [0.05, 0.1) is 0 Å². The van der Waals surface area contributed by atoms with Crippen LogP contribution in [-0.2, 0) is 0 Å². The lowest BCUT2D eigenvalue weighted by molar-refractivity contribution is 0.134. The van der Waals surface area contributed by atoms with Crippen LogP contribution in [0.1, 0.15) is 158 Å². The minimum absolute atomic E-state index is 0.381. The van der Waals surface area contributed by atoms with Crippen molar-refractivity contribution in [3.05, 3.63) is 0 Å². The molecule has 208 valence electrons. The van der Waals surface area contributed by atoms with Crippen LogP contribution >= 0.6 is 0 Å². The third-order valence-corrected chi connectivity index (χ3v) is 10.9. The first-order valence-corrected chi connectivity index (χ1v) is 16.4. The van der Waals surface area contributed by atoms with Crippen molar-refractivity contribution in [1.82, 2.24) is 5.32 Å². The quantitative estimate of drug-likeness (QED) is 0.227. The van der Waals surface area contributed by atoms with E-state index in [1.54, 1.807) is 0 Å². The van der Waals surface area contributed by atoms with Gasteiger partial charge in [-0.15, -0.1) is 0 Å². The fourth-order valence-corrected chi connectivity index (χ4v) is 7.83. The van der Waals surface area contributed by atoms with E-state index in [1.807, 2.05) is 0 Å². The van der Waals surface area contributed by atoms with Crippen molar-refractivity contribution in [3.63, 3.8) is 0 Å². The zero-order chi connectivity index (χ0) is 25.8. The Bertz CT molecular complexity index is 541. The van der Waals surface area contributed by atoms with E-state index < -0.39 is 0 Å². The zero-order valence-corrected chi connectivity index (χ0v) is 25.6. The Labute approximate surface area is 222 Å². The zero-order valence-electron chi connectivity index (χ0n) is 25.6. The van der Waals surface area contributed by atoms with Crippen LogP contribution in [0.5, 0.6) is 0 Å². The maximum absolute atomic E-state index is 4.20. The molecule has 4 unspecified atom stereocenters. The van der Waals surface area contributed by atoms with Crippen molar-refractivity contribution in [2.75, 3.05) is 6.54 Å². The fourth-order valence-electron chi connectivity index (χ4n) is 7.83. The molecule has 1 heteroatoms. The average Bonchev–Trinajstić information content (AvgIpc) is 2.93. The van der Waals surface area contributed by atoms with Crippen molar-refractivity contribution in [2.24, 2.45) is 47.3 Å². The largest absolute Gasteiger partial charge is 0.311 e. The van der Waals surface area contributed by atoms with Crippen molar-refractivity contribution in [2.45, 2.75) is 164 Å². The molecule has 0 amide bonds. The smallest absolute Gasteiger partial charge is 0.0184 e. The number of hydrogen-bond acceptors (Lipinski definition) is 1. The topological polar surface area (TPSA) is 12.0 Å². The molecule has 0 aromatic carbocycles. The predicted molar refractivity (Wildman–Crippen MR) is 158 cm³/mol. The van der Waals surface area contributed by atoms with E-state index in [1.165, 1.54) is 109 Å². The second-order valence-corrected chi connectivity index (χ2v) is 14.3. The van der Waals surface area contributed by atoms with Crippen LogP contribution in [0.25, 0.3) is 0 Å². The summed E-state index contributed by atoms with van der Waals surface area (Å²) in [6.45, 7) is 21.0. The first kappa shape index (κ1) is 31.2. The van der Waals surface area contributed by atoms with E-state index in [9.17, 15) is 0 Å². The summed E-state index contributed by atoms with van der Waals surface area (Å²) in [5.41, 5.74) is 0.381. The van der Waals surface area contributed by atoms with E-state index in [4.69, 9.17) is 0 Å². The molecule has 1 saturated carbocycles. The molecule has 2 aliphatic rings. The number of fused-ring (bicyclic) bond motifs is 3. The highest BCUT2D eigenvalue weighted by Crippen LogP contribution is 2.44. The molecule has 35 heavy (non-hydrogen) atoms. The molecular formula is C34H67N. The van der Waals surface area contributed by atoms with Gasteiger partial charge in [-0.3, -0.25) is 0 Å².